The van der Waals surface area contributed by atoms with Gasteiger partial charge in [0.15, 0.2) is 0 Å². The van der Waals surface area contributed by atoms with Crippen LogP contribution in [0.15, 0.2) is 42.5 Å². The standard InChI is InChI=1S/C21H24N2O2/c24-20-11-10-17(14-22-20)21(25)23-12-4-8-18(23)13-16-7-3-6-15-5-1-2-9-19(15)16/h1-3,5-7,9,17-18H,4,8,10-14H2,(H,22,24)/t17-,18+/m0/s1. The van der Waals surface area contributed by atoms with Crippen LogP contribution in [0, 0.1) is 5.92 Å². The van der Waals surface area contributed by atoms with E-state index in [-0.39, 0.29) is 23.8 Å². The number of nitrogens with zero attached hydrogens (tertiary/aromatic N) is 1. The van der Waals surface area contributed by atoms with Gasteiger partial charge in [-0.25, -0.2) is 0 Å². The van der Waals surface area contributed by atoms with Gasteiger partial charge in [-0.15, -0.1) is 0 Å². The molecule has 2 fully saturated rings. The average molecular weight is 336 g/mol. The lowest BCUT2D eigenvalue weighted by Crippen LogP contribution is -2.46. The number of benzene rings is 2. The summed E-state index contributed by atoms with van der Waals surface area (Å²) < 4.78 is 0. The summed E-state index contributed by atoms with van der Waals surface area (Å²) in [6.07, 6.45) is 4.20. The number of nitrogens with one attached hydrogen (secondary N) is 1. The molecule has 2 heterocycles. The number of rotatable bonds is 3. The number of piperidine rings is 1. The second-order valence-corrected chi connectivity index (χ2v) is 7.21. The molecule has 25 heavy (non-hydrogen) atoms. The predicted molar refractivity (Wildman–Crippen MR) is 98.1 cm³/mol. The summed E-state index contributed by atoms with van der Waals surface area (Å²) in [6, 6.07) is 15.2. The summed E-state index contributed by atoms with van der Waals surface area (Å²) in [6.45, 7) is 1.34. The van der Waals surface area contributed by atoms with Crippen molar-refractivity contribution >= 4 is 22.6 Å². The molecule has 4 rings (SSSR count). The molecule has 0 aromatic heterocycles. The molecule has 130 valence electrons. The summed E-state index contributed by atoms with van der Waals surface area (Å²) in [5.74, 6) is 0.242. The summed E-state index contributed by atoms with van der Waals surface area (Å²) in [7, 11) is 0. The molecular formula is C21H24N2O2. The van der Waals surface area contributed by atoms with Crippen molar-refractivity contribution in [3.8, 4) is 0 Å². The Hall–Kier alpha value is -2.36. The largest absolute Gasteiger partial charge is 0.355 e. The lowest BCUT2D eigenvalue weighted by Gasteiger charge is -2.31. The van der Waals surface area contributed by atoms with E-state index < -0.39 is 0 Å². The highest BCUT2D eigenvalue weighted by atomic mass is 16.2. The third-order valence-corrected chi connectivity index (χ3v) is 5.61. The Morgan fingerprint density at radius 2 is 1.96 bits per heavy atom. The number of hydrogen-bond acceptors (Lipinski definition) is 2. The summed E-state index contributed by atoms with van der Waals surface area (Å²) in [4.78, 5) is 26.4. The molecule has 2 aromatic carbocycles. The molecule has 2 aliphatic rings. The van der Waals surface area contributed by atoms with Crippen LogP contribution in [0.3, 0.4) is 0 Å². The normalized spacial score (nSPS) is 23.7. The Kier molecular flexibility index (Phi) is 4.43. The molecule has 4 nitrogen and oxygen atoms in total. The third kappa shape index (κ3) is 3.26. The number of carbonyl (C=O) groups excluding carboxylic acids is 2. The Bertz CT molecular complexity index is 786. The van der Waals surface area contributed by atoms with E-state index in [0.29, 0.717) is 19.4 Å². The van der Waals surface area contributed by atoms with Gasteiger partial charge < -0.3 is 10.2 Å². The number of likely N-dealkylation sites (tertiary alicyclic amines) is 1. The van der Waals surface area contributed by atoms with Crippen molar-refractivity contribution in [2.45, 2.75) is 38.1 Å². The van der Waals surface area contributed by atoms with Crippen LogP contribution in [-0.2, 0) is 16.0 Å². The second kappa shape index (κ2) is 6.87. The number of fused-ring (bicyclic) bond motifs is 1. The molecule has 2 aliphatic heterocycles. The van der Waals surface area contributed by atoms with E-state index in [0.717, 1.165) is 25.8 Å². The maximum Gasteiger partial charge on any atom is 0.227 e. The Morgan fingerprint density at radius 1 is 1.12 bits per heavy atom. The minimum absolute atomic E-state index is 0.0502. The van der Waals surface area contributed by atoms with Crippen LogP contribution in [0.4, 0.5) is 0 Å². The number of amides is 2. The lowest BCUT2D eigenvalue weighted by molar-refractivity contribution is -0.138. The quantitative estimate of drug-likeness (QED) is 0.937. The molecule has 2 atom stereocenters. The van der Waals surface area contributed by atoms with Crippen molar-refractivity contribution in [1.29, 1.82) is 0 Å². The number of carbonyl (C=O) groups is 2. The molecule has 2 aromatic rings. The molecule has 0 spiro atoms. The van der Waals surface area contributed by atoms with E-state index in [9.17, 15) is 9.59 Å². The third-order valence-electron chi connectivity index (χ3n) is 5.61. The summed E-state index contributed by atoms with van der Waals surface area (Å²) >= 11 is 0. The van der Waals surface area contributed by atoms with Crippen LogP contribution < -0.4 is 5.32 Å². The summed E-state index contributed by atoms with van der Waals surface area (Å²) in [5, 5.41) is 5.38. The first-order valence-electron chi connectivity index (χ1n) is 9.26. The predicted octanol–water partition coefficient (Wildman–Crippen LogP) is 2.90. The highest BCUT2D eigenvalue weighted by molar-refractivity contribution is 5.86. The van der Waals surface area contributed by atoms with E-state index in [1.165, 1.54) is 16.3 Å². The molecule has 0 unspecified atom stereocenters. The zero-order chi connectivity index (χ0) is 17.2. The van der Waals surface area contributed by atoms with Gasteiger partial charge in [0.2, 0.25) is 11.8 Å². The van der Waals surface area contributed by atoms with Gasteiger partial charge in [-0.2, -0.15) is 0 Å². The Labute approximate surface area is 148 Å². The molecule has 1 N–H and O–H groups in total. The Morgan fingerprint density at radius 3 is 2.80 bits per heavy atom. The van der Waals surface area contributed by atoms with Gasteiger partial charge in [-0.3, -0.25) is 9.59 Å². The fourth-order valence-electron chi connectivity index (χ4n) is 4.24. The second-order valence-electron chi connectivity index (χ2n) is 7.21. The molecule has 4 heteroatoms. The molecule has 0 saturated carbocycles. The van der Waals surface area contributed by atoms with E-state index in [1.54, 1.807) is 0 Å². The van der Waals surface area contributed by atoms with E-state index in [1.807, 2.05) is 0 Å². The molecule has 0 bridgehead atoms. The van der Waals surface area contributed by atoms with Gasteiger partial charge in [0.05, 0.1) is 5.92 Å². The van der Waals surface area contributed by atoms with E-state index in [4.69, 9.17) is 0 Å². The highest BCUT2D eigenvalue weighted by Gasteiger charge is 2.34. The van der Waals surface area contributed by atoms with E-state index in [2.05, 4.69) is 52.7 Å². The van der Waals surface area contributed by atoms with Crippen LogP contribution in [0.25, 0.3) is 10.8 Å². The van der Waals surface area contributed by atoms with Crippen LogP contribution in [0.2, 0.25) is 0 Å². The molecule has 2 amide bonds. The van der Waals surface area contributed by atoms with Crippen molar-refractivity contribution in [1.82, 2.24) is 10.2 Å². The van der Waals surface area contributed by atoms with Gasteiger partial charge in [-0.1, -0.05) is 42.5 Å². The zero-order valence-corrected chi connectivity index (χ0v) is 14.4. The maximum atomic E-state index is 12.9. The minimum atomic E-state index is -0.0502. The maximum absolute atomic E-state index is 12.9. The lowest BCUT2D eigenvalue weighted by atomic mass is 9.95. The van der Waals surface area contributed by atoms with Gasteiger partial charge in [0.1, 0.15) is 0 Å². The van der Waals surface area contributed by atoms with Gasteiger partial charge in [0, 0.05) is 25.6 Å². The Balaban J connectivity index is 1.51. The highest BCUT2D eigenvalue weighted by Crippen LogP contribution is 2.28. The smallest absolute Gasteiger partial charge is 0.227 e. The van der Waals surface area contributed by atoms with Crippen LogP contribution >= 0.6 is 0 Å². The van der Waals surface area contributed by atoms with Crippen LogP contribution in [0.1, 0.15) is 31.2 Å². The first-order valence-corrected chi connectivity index (χ1v) is 9.26. The van der Waals surface area contributed by atoms with Crippen molar-refractivity contribution in [3.05, 3.63) is 48.0 Å². The zero-order valence-electron chi connectivity index (χ0n) is 14.4. The first kappa shape index (κ1) is 16.1. The minimum Gasteiger partial charge on any atom is -0.355 e. The molecule has 2 saturated heterocycles. The van der Waals surface area contributed by atoms with Crippen molar-refractivity contribution < 1.29 is 9.59 Å². The molecule has 0 aliphatic carbocycles. The first-order chi connectivity index (χ1) is 12.2. The van der Waals surface area contributed by atoms with Crippen molar-refractivity contribution in [2.24, 2.45) is 5.92 Å². The van der Waals surface area contributed by atoms with Gasteiger partial charge >= 0.3 is 0 Å². The summed E-state index contributed by atoms with van der Waals surface area (Å²) in [5.41, 5.74) is 1.32. The van der Waals surface area contributed by atoms with E-state index >= 15 is 0 Å². The van der Waals surface area contributed by atoms with Gasteiger partial charge in [-0.05, 0) is 42.0 Å². The fraction of sp³-hybridized carbons (Fsp3) is 0.429. The molecule has 0 radical (unpaired) electrons. The monoisotopic (exact) mass is 336 g/mol. The van der Waals surface area contributed by atoms with Crippen molar-refractivity contribution in [2.75, 3.05) is 13.1 Å². The SMILES string of the molecule is O=C1CC[C@H](C(=O)N2CCC[C@@H]2Cc2cccc3ccccc23)CN1. The van der Waals surface area contributed by atoms with Crippen LogP contribution in [0.5, 0.6) is 0 Å². The van der Waals surface area contributed by atoms with Gasteiger partial charge in [0.25, 0.3) is 0 Å². The van der Waals surface area contributed by atoms with Crippen LogP contribution in [-0.4, -0.2) is 35.8 Å². The average Bonchev–Trinajstić information content (AvgIpc) is 3.10. The van der Waals surface area contributed by atoms with Crippen molar-refractivity contribution in [3.63, 3.8) is 0 Å². The fourth-order valence-corrected chi connectivity index (χ4v) is 4.24. The number of hydrogen-bond donors (Lipinski definition) is 1. The topological polar surface area (TPSA) is 49.4 Å². The molecular weight excluding hydrogens is 312 g/mol.